The van der Waals surface area contributed by atoms with Crippen molar-refractivity contribution in [3.63, 3.8) is 0 Å². The Kier molecular flexibility index (Phi) is 7.93. The number of hydrogen-bond acceptors (Lipinski definition) is 5. The minimum absolute atomic E-state index is 0.184. The molecule has 2 N–H and O–H groups in total. The van der Waals surface area contributed by atoms with Crippen LogP contribution in [0.3, 0.4) is 0 Å². The molecule has 0 aliphatic heterocycles. The molecule has 9 nitrogen and oxygen atoms in total. The maximum Gasteiger partial charge on any atom is 0.320 e. The second-order valence-electron chi connectivity index (χ2n) is 13.0. The van der Waals surface area contributed by atoms with Gasteiger partial charge in [-0.25, -0.2) is 9.48 Å². The summed E-state index contributed by atoms with van der Waals surface area (Å²) in [7, 11) is 0. The van der Waals surface area contributed by atoms with Crippen LogP contribution in [0.25, 0.3) is 22.7 Å². The molecule has 2 amide bonds. The van der Waals surface area contributed by atoms with Gasteiger partial charge in [0, 0.05) is 17.0 Å². The van der Waals surface area contributed by atoms with E-state index in [0.29, 0.717) is 34.5 Å². The number of urea groups is 1. The molecule has 10 heteroatoms. The Balaban J connectivity index is 1.10. The standard InChI is InChI=1S/C37H36ClN7O2/c1-23-13-15-24(16-14-23)45-34(21-32(43-45)37(2,3)4)40-36(46)39-30-18-19-31(27-10-6-5-9-26(27)30)47-25-17-20-33-41-42-35(44(33)22-25)28-11-7-8-12-29(28)38/h5-17,20-22,30-31H,18-19H2,1-4H3,(H2,39,40,46)/t30-,31+/m1/s1. The van der Waals surface area contributed by atoms with Gasteiger partial charge in [0.1, 0.15) is 17.7 Å². The van der Waals surface area contributed by atoms with E-state index < -0.39 is 0 Å². The number of fused-ring (bicyclic) bond motifs is 2. The predicted octanol–water partition coefficient (Wildman–Crippen LogP) is 8.62. The number of aromatic nitrogens is 5. The minimum Gasteiger partial charge on any atom is -0.484 e. The molecule has 0 saturated carbocycles. The highest BCUT2D eigenvalue weighted by atomic mass is 35.5. The number of rotatable bonds is 6. The molecule has 0 bridgehead atoms. The number of hydrogen-bond donors (Lipinski definition) is 2. The van der Waals surface area contributed by atoms with Crippen LogP contribution in [0.4, 0.5) is 10.6 Å². The fourth-order valence-electron chi connectivity index (χ4n) is 5.98. The molecule has 0 unspecified atom stereocenters. The van der Waals surface area contributed by atoms with Gasteiger partial charge in [-0.05, 0) is 67.3 Å². The minimum atomic E-state index is -0.289. The number of anilines is 1. The number of ether oxygens (including phenoxy) is 1. The van der Waals surface area contributed by atoms with Crippen LogP contribution in [0, 0.1) is 6.92 Å². The van der Waals surface area contributed by atoms with Crippen LogP contribution < -0.4 is 15.4 Å². The highest BCUT2D eigenvalue weighted by Crippen LogP contribution is 2.39. The van der Waals surface area contributed by atoms with E-state index in [1.807, 2.05) is 96.4 Å². The summed E-state index contributed by atoms with van der Waals surface area (Å²) in [6.07, 6.45) is 3.13. The third-order valence-corrected chi connectivity index (χ3v) is 8.84. The smallest absolute Gasteiger partial charge is 0.320 e. The molecule has 3 aromatic carbocycles. The van der Waals surface area contributed by atoms with Gasteiger partial charge in [-0.15, -0.1) is 10.2 Å². The van der Waals surface area contributed by atoms with E-state index in [-0.39, 0.29) is 23.6 Å². The van der Waals surface area contributed by atoms with Gasteiger partial charge in [-0.2, -0.15) is 5.10 Å². The number of halogens is 1. The molecule has 0 fully saturated rings. The van der Waals surface area contributed by atoms with Crippen molar-refractivity contribution in [2.75, 3.05) is 5.32 Å². The lowest BCUT2D eigenvalue weighted by atomic mass is 9.85. The van der Waals surface area contributed by atoms with Crippen molar-refractivity contribution in [3.05, 3.63) is 125 Å². The summed E-state index contributed by atoms with van der Waals surface area (Å²) in [5.41, 5.74) is 6.31. The summed E-state index contributed by atoms with van der Waals surface area (Å²) >= 11 is 6.47. The Morgan fingerprint density at radius 3 is 2.43 bits per heavy atom. The summed E-state index contributed by atoms with van der Waals surface area (Å²) < 4.78 is 10.3. The normalized spacial score (nSPS) is 16.1. The summed E-state index contributed by atoms with van der Waals surface area (Å²) in [4.78, 5) is 13.5. The number of amides is 2. The second kappa shape index (κ2) is 12.2. The van der Waals surface area contributed by atoms with Crippen molar-refractivity contribution in [1.29, 1.82) is 0 Å². The van der Waals surface area contributed by atoms with Crippen LogP contribution >= 0.6 is 11.6 Å². The largest absolute Gasteiger partial charge is 0.484 e. The summed E-state index contributed by atoms with van der Waals surface area (Å²) in [5.74, 6) is 1.95. The SMILES string of the molecule is Cc1ccc(-n2nc(C(C)(C)C)cc2NC(=O)N[C@@H]2CC[C@H](Oc3ccc4nnc(-c5ccccc5Cl)n4c3)c3ccccc32)cc1. The van der Waals surface area contributed by atoms with Gasteiger partial charge >= 0.3 is 6.03 Å². The van der Waals surface area contributed by atoms with E-state index in [2.05, 4.69) is 53.7 Å². The summed E-state index contributed by atoms with van der Waals surface area (Å²) in [6.45, 7) is 8.38. The number of nitrogens with one attached hydrogen (secondary N) is 2. The third kappa shape index (κ3) is 6.18. The number of pyridine rings is 1. The first kappa shape index (κ1) is 30.5. The Morgan fingerprint density at radius 2 is 1.66 bits per heavy atom. The van der Waals surface area contributed by atoms with E-state index in [0.717, 1.165) is 40.1 Å². The van der Waals surface area contributed by atoms with Crippen molar-refractivity contribution in [2.24, 2.45) is 0 Å². The number of carbonyl (C=O) groups is 1. The molecule has 1 aliphatic rings. The van der Waals surface area contributed by atoms with E-state index in [1.165, 1.54) is 0 Å². The van der Waals surface area contributed by atoms with Crippen molar-refractivity contribution in [2.45, 2.75) is 58.1 Å². The van der Waals surface area contributed by atoms with Gasteiger partial charge in [-0.1, -0.05) is 86.5 Å². The topological polar surface area (TPSA) is 98.4 Å². The highest BCUT2D eigenvalue weighted by Gasteiger charge is 2.30. The average molecular weight is 646 g/mol. The van der Waals surface area contributed by atoms with Crippen LogP contribution in [0.5, 0.6) is 5.75 Å². The zero-order valence-electron chi connectivity index (χ0n) is 26.7. The Hall–Kier alpha value is -5.15. The van der Waals surface area contributed by atoms with Crippen molar-refractivity contribution in [1.82, 2.24) is 29.7 Å². The molecular formula is C37H36ClN7O2. The molecule has 2 atom stereocenters. The number of benzene rings is 3. The second-order valence-corrected chi connectivity index (χ2v) is 13.4. The zero-order chi connectivity index (χ0) is 32.7. The number of carbonyl (C=O) groups excluding carboxylic acids is 1. The van der Waals surface area contributed by atoms with Crippen molar-refractivity contribution < 1.29 is 9.53 Å². The maximum absolute atomic E-state index is 13.5. The fourth-order valence-corrected chi connectivity index (χ4v) is 6.20. The van der Waals surface area contributed by atoms with Gasteiger partial charge in [0.25, 0.3) is 0 Å². The molecule has 6 aromatic rings. The van der Waals surface area contributed by atoms with Gasteiger partial charge < -0.3 is 10.1 Å². The first-order valence-electron chi connectivity index (χ1n) is 15.7. The van der Waals surface area contributed by atoms with Gasteiger partial charge in [0.2, 0.25) is 0 Å². The van der Waals surface area contributed by atoms with E-state index >= 15 is 0 Å². The maximum atomic E-state index is 13.5. The van der Waals surface area contributed by atoms with Gasteiger partial charge in [0.15, 0.2) is 11.5 Å². The van der Waals surface area contributed by atoms with Crippen molar-refractivity contribution >= 4 is 29.1 Å². The quantitative estimate of drug-likeness (QED) is 0.189. The molecule has 47 heavy (non-hydrogen) atoms. The number of aryl methyl sites for hydroxylation is 1. The lowest BCUT2D eigenvalue weighted by molar-refractivity contribution is 0.171. The van der Waals surface area contributed by atoms with E-state index in [1.54, 1.807) is 4.68 Å². The highest BCUT2D eigenvalue weighted by molar-refractivity contribution is 6.33. The van der Waals surface area contributed by atoms with Crippen LogP contribution in [-0.4, -0.2) is 30.4 Å². The Labute approximate surface area is 278 Å². The zero-order valence-corrected chi connectivity index (χ0v) is 27.5. The molecule has 0 spiro atoms. The van der Waals surface area contributed by atoms with Crippen LogP contribution in [0.15, 0.2) is 97.2 Å². The predicted molar refractivity (Wildman–Crippen MR) is 184 cm³/mol. The van der Waals surface area contributed by atoms with Crippen LogP contribution in [-0.2, 0) is 5.41 Å². The monoisotopic (exact) mass is 645 g/mol. The van der Waals surface area contributed by atoms with Crippen LogP contribution in [0.2, 0.25) is 5.02 Å². The molecular weight excluding hydrogens is 610 g/mol. The molecule has 1 aliphatic carbocycles. The Bertz CT molecular complexity index is 2080. The van der Waals surface area contributed by atoms with Crippen LogP contribution in [0.1, 0.15) is 68.1 Å². The lowest BCUT2D eigenvalue weighted by Gasteiger charge is -2.32. The molecule has 7 rings (SSSR count). The lowest BCUT2D eigenvalue weighted by Crippen LogP contribution is -2.36. The van der Waals surface area contributed by atoms with Crippen molar-refractivity contribution in [3.8, 4) is 22.8 Å². The Morgan fingerprint density at radius 1 is 0.915 bits per heavy atom. The molecule has 3 aromatic heterocycles. The summed E-state index contributed by atoms with van der Waals surface area (Å²) in [5, 5.41) is 20.4. The van der Waals surface area contributed by atoms with Gasteiger partial charge in [0.05, 0.1) is 28.6 Å². The first-order valence-corrected chi connectivity index (χ1v) is 16.1. The molecule has 0 radical (unpaired) electrons. The molecule has 238 valence electrons. The first-order chi connectivity index (χ1) is 22.6. The fraction of sp³-hybridized carbons (Fsp3) is 0.243. The van der Waals surface area contributed by atoms with Gasteiger partial charge in [-0.3, -0.25) is 9.72 Å². The summed E-state index contributed by atoms with van der Waals surface area (Å²) in [6, 6.07) is 29.1. The average Bonchev–Trinajstić information content (AvgIpc) is 3.67. The number of nitrogens with zero attached hydrogens (tertiary/aromatic N) is 5. The van der Waals surface area contributed by atoms with E-state index in [9.17, 15) is 4.79 Å². The van der Waals surface area contributed by atoms with E-state index in [4.69, 9.17) is 21.4 Å². The molecule has 3 heterocycles. The third-order valence-electron chi connectivity index (χ3n) is 8.51. The molecule has 0 saturated heterocycles.